The fourth-order valence-electron chi connectivity index (χ4n) is 3.15. The monoisotopic (exact) mass is 305 g/mol. The summed E-state index contributed by atoms with van der Waals surface area (Å²) in [5.74, 6) is 1.12. The molecule has 22 heavy (non-hydrogen) atoms. The van der Waals surface area contributed by atoms with Gasteiger partial charge in [0.2, 0.25) is 5.95 Å². The number of rotatable bonds is 2. The molecule has 3 heterocycles. The van der Waals surface area contributed by atoms with Crippen LogP contribution in [0.4, 0.5) is 16.6 Å². The molecule has 3 rings (SSSR count). The second kappa shape index (κ2) is 6.08. The van der Waals surface area contributed by atoms with Gasteiger partial charge in [0.1, 0.15) is 5.82 Å². The maximum Gasteiger partial charge on any atom is 0.324 e. The predicted octanol–water partition coefficient (Wildman–Crippen LogP) is 1.58. The summed E-state index contributed by atoms with van der Waals surface area (Å²) in [6, 6.07) is 1.70. The van der Waals surface area contributed by atoms with Crippen molar-refractivity contribution in [3.05, 3.63) is 12.3 Å². The third kappa shape index (κ3) is 3.14. The molecule has 7 heteroatoms. The Morgan fingerprint density at radius 1 is 1.36 bits per heavy atom. The van der Waals surface area contributed by atoms with Crippen molar-refractivity contribution in [1.82, 2.24) is 14.9 Å². The summed E-state index contributed by atoms with van der Waals surface area (Å²) in [6.45, 7) is 3.21. The van der Waals surface area contributed by atoms with E-state index >= 15 is 0 Å². The number of amides is 2. The van der Waals surface area contributed by atoms with Crippen LogP contribution in [0.2, 0.25) is 0 Å². The Kier molecular flexibility index (Phi) is 4.15. The minimum absolute atomic E-state index is 0.112. The molecule has 2 fully saturated rings. The Labute approximate surface area is 130 Å². The first-order valence-corrected chi connectivity index (χ1v) is 7.72. The Morgan fingerprint density at radius 2 is 2.14 bits per heavy atom. The second-order valence-corrected chi connectivity index (χ2v) is 6.35. The lowest BCUT2D eigenvalue weighted by atomic mass is 9.80. The van der Waals surface area contributed by atoms with Crippen LogP contribution in [0.3, 0.4) is 0 Å². The van der Waals surface area contributed by atoms with E-state index in [-0.39, 0.29) is 11.4 Å². The molecule has 2 aliphatic rings. The van der Waals surface area contributed by atoms with Gasteiger partial charge in [-0.05, 0) is 30.7 Å². The van der Waals surface area contributed by atoms with E-state index in [2.05, 4.69) is 15.3 Å². The summed E-state index contributed by atoms with van der Waals surface area (Å²) < 4.78 is 5.44. The van der Waals surface area contributed by atoms with Crippen LogP contribution in [0.25, 0.3) is 0 Å². The molecule has 0 aliphatic carbocycles. The van der Waals surface area contributed by atoms with Crippen molar-refractivity contribution in [2.45, 2.75) is 19.3 Å². The Morgan fingerprint density at radius 3 is 2.86 bits per heavy atom. The summed E-state index contributed by atoms with van der Waals surface area (Å²) >= 11 is 0. The van der Waals surface area contributed by atoms with E-state index in [1.165, 1.54) is 0 Å². The molecule has 7 nitrogen and oxygen atoms in total. The molecular formula is C15H23N5O2. The van der Waals surface area contributed by atoms with Crippen LogP contribution < -0.4 is 10.2 Å². The third-order valence-corrected chi connectivity index (χ3v) is 4.60. The normalized spacial score (nSPS) is 20.2. The van der Waals surface area contributed by atoms with E-state index in [1.54, 1.807) is 6.20 Å². The van der Waals surface area contributed by atoms with Gasteiger partial charge in [-0.1, -0.05) is 0 Å². The summed E-state index contributed by atoms with van der Waals surface area (Å²) in [5.41, 5.74) is 0.252. The van der Waals surface area contributed by atoms with Crippen LogP contribution in [-0.2, 0) is 4.74 Å². The number of carbonyl (C=O) groups excluding carboxylic acids is 1. The highest BCUT2D eigenvalue weighted by molar-refractivity contribution is 5.87. The summed E-state index contributed by atoms with van der Waals surface area (Å²) in [5, 5.41) is 2.81. The third-order valence-electron chi connectivity index (χ3n) is 4.60. The van der Waals surface area contributed by atoms with E-state index < -0.39 is 0 Å². The predicted molar refractivity (Wildman–Crippen MR) is 84.1 cm³/mol. The van der Waals surface area contributed by atoms with Crippen LogP contribution >= 0.6 is 0 Å². The van der Waals surface area contributed by atoms with Gasteiger partial charge in [-0.15, -0.1) is 0 Å². The number of anilines is 2. The molecule has 0 saturated carbocycles. The number of nitrogens with zero attached hydrogens (tertiary/aromatic N) is 4. The number of ether oxygens (including phenoxy) is 1. The fourth-order valence-corrected chi connectivity index (χ4v) is 3.15. The standard InChI is InChI=1S/C15H23N5O2/c1-19(2)12-3-7-16-13(17-12)18-14(21)20-8-4-15(11-20)5-9-22-10-6-15/h3,7H,4-6,8-11H2,1-2H3,(H,16,17,18,21). The van der Waals surface area contributed by atoms with Gasteiger partial charge in [-0.2, -0.15) is 4.98 Å². The summed E-state index contributed by atoms with van der Waals surface area (Å²) in [4.78, 5) is 24.6. The molecule has 1 spiro atoms. The maximum absolute atomic E-state index is 12.4. The fraction of sp³-hybridized carbons (Fsp3) is 0.667. The molecule has 0 atom stereocenters. The van der Waals surface area contributed by atoms with Gasteiger partial charge in [0.05, 0.1) is 0 Å². The van der Waals surface area contributed by atoms with Crippen LogP contribution in [0, 0.1) is 5.41 Å². The first-order valence-electron chi connectivity index (χ1n) is 7.72. The minimum Gasteiger partial charge on any atom is -0.381 e. The van der Waals surface area contributed by atoms with E-state index in [1.807, 2.05) is 30.0 Å². The van der Waals surface area contributed by atoms with Crippen molar-refractivity contribution in [1.29, 1.82) is 0 Å². The van der Waals surface area contributed by atoms with E-state index in [9.17, 15) is 4.79 Å². The topological polar surface area (TPSA) is 70.6 Å². The molecule has 0 unspecified atom stereocenters. The summed E-state index contributed by atoms with van der Waals surface area (Å²) in [7, 11) is 3.81. The van der Waals surface area contributed by atoms with Crippen molar-refractivity contribution in [3.8, 4) is 0 Å². The quantitative estimate of drug-likeness (QED) is 0.898. The summed E-state index contributed by atoms with van der Waals surface area (Å²) in [6.07, 6.45) is 4.80. The number of hydrogen-bond donors (Lipinski definition) is 1. The van der Waals surface area contributed by atoms with Gasteiger partial charge < -0.3 is 14.5 Å². The van der Waals surface area contributed by atoms with Crippen molar-refractivity contribution < 1.29 is 9.53 Å². The average molecular weight is 305 g/mol. The minimum atomic E-state index is -0.112. The number of nitrogens with one attached hydrogen (secondary N) is 1. The number of likely N-dealkylation sites (tertiary alicyclic amines) is 1. The van der Waals surface area contributed by atoms with Gasteiger partial charge in [0, 0.05) is 46.6 Å². The highest BCUT2D eigenvalue weighted by Crippen LogP contribution is 2.39. The molecule has 0 bridgehead atoms. The smallest absolute Gasteiger partial charge is 0.324 e. The number of aromatic nitrogens is 2. The molecule has 2 saturated heterocycles. The Hall–Kier alpha value is -1.89. The van der Waals surface area contributed by atoms with E-state index in [0.717, 1.165) is 51.4 Å². The molecule has 120 valence electrons. The van der Waals surface area contributed by atoms with Crippen molar-refractivity contribution in [3.63, 3.8) is 0 Å². The zero-order valence-electron chi connectivity index (χ0n) is 13.2. The van der Waals surface area contributed by atoms with Crippen LogP contribution in [0.1, 0.15) is 19.3 Å². The van der Waals surface area contributed by atoms with E-state index in [0.29, 0.717) is 5.95 Å². The van der Waals surface area contributed by atoms with Crippen LogP contribution in [0.5, 0.6) is 0 Å². The molecule has 1 aromatic rings. The zero-order chi connectivity index (χ0) is 15.6. The second-order valence-electron chi connectivity index (χ2n) is 6.35. The van der Waals surface area contributed by atoms with Crippen molar-refractivity contribution in [2.24, 2.45) is 5.41 Å². The van der Waals surface area contributed by atoms with Crippen molar-refractivity contribution in [2.75, 3.05) is 50.6 Å². The van der Waals surface area contributed by atoms with Crippen LogP contribution in [0.15, 0.2) is 12.3 Å². The maximum atomic E-state index is 12.4. The highest BCUT2D eigenvalue weighted by atomic mass is 16.5. The molecule has 1 aromatic heterocycles. The van der Waals surface area contributed by atoms with Gasteiger partial charge in [0.15, 0.2) is 0 Å². The first-order chi connectivity index (χ1) is 10.6. The Bertz CT molecular complexity index is 542. The number of carbonyl (C=O) groups is 1. The molecule has 2 aliphatic heterocycles. The lowest BCUT2D eigenvalue weighted by Gasteiger charge is -2.33. The molecule has 0 aromatic carbocycles. The van der Waals surface area contributed by atoms with Gasteiger partial charge in [0.25, 0.3) is 0 Å². The molecule has 1 N–H and O–H groups in total. The van der Waals surface area contributed by atoms with E-state index in [4.69, 9.17) is 4.74 Å². The first kappa shape index (κ1) is 15.0. The largest absolute Gasteiger partial charge is 0.381 e. The zero-order valence-corrected chi connectivity index (χ0v) is 13.2. The lowest BCUT2D eigenvalue weighted by molar-refractivity contribution is 0.0211. The van der Waals surface area contributed by atoms with Gasteiger partial charge >= 0.3 is 6.03 Å². The molecule has 0 radical (unpaired) electrons. The molecule has 2 amide bonds. The Balaban J connectivity index is 1.62. The number of hydrogen-bond acceptors (Lipinski definition) is 5. The average Bonchev–Trinajstić information content (AvgIpc) is 2.92. The highest BCUT2D eigenvalue weighted by Gasteiger charge is 2.41. The number of urea groups is 1. The molecular weight excluding hydrogens is 282 g/mol. The van der Waals surface area contributed by atoms with Crippen LogP contribution in [-0.4, -0.2) is 61.3 Å². The van der Waals surface area contributed by atoms with Crippen molar-refractivity contribution >= 4 is 17.8 Å². The van der Waals surface area contributed by atoms with Gasteiger partial charge in [-0.25, -0.2) is 9.78 Å². The SMILES string of the molecule is CN(C)c1ccnc(NC(=O)N2CCC3(CCOCC3)C2)n1. The van der Waals surface area contributed by atoms with Gasteiger partial charge in [-0.3, -0.25) is 5.32 Å². The lowest BCUT2D eigenvalue weighted by Crippen LogP contribution is -2.37.